The normalized spacial score (nSPS) is 30.9. The number of unbranched alkanes of at least 4 members (excludes halogenated alkanes) is 1. The molecule has 0 aliphatic carbocycles. The minimum absolute atomic E-state index is 0.180. The first kappa shape index (κ1) is 19.4. The molecule has 0 saturated carbocycles. The van der Waals surface area contributed by atoms with E-state index in [1.165, 1.54) is 23.1 Å². The van der Waals surface area contributed by atoms with Gasteiger partial charge in [-0.05, 0) is 36.6 Å². The number of imide groups is 1. The number of carbonyl (C=O) groups is 3. The molecular weight excluding hydrogens is 381 g/mol. The van der Waals surface area contributed by atoms with Gasteiger partial charge < -0.3 is 10.6 Å². The first-order chi connectivity index (χ1) is 13.5. The number of likely N-dealkylation sites (tertiary alicyclic amines) is 1. The highest BCUT2D eigenvalue weighted by atomic mass is 32.2. The van der Waals surface area contributed by atoms with Crippen molar-refractivity contribution in [3.05, 3.63) is 29.6 Å². The summed E-state index contributed by atoms with van der Waals surface area (Å²) in [6, 6.07) is 3.99. The van der Waals surface area contributed by atoms with Gasteiger partial charge in [-0.15, -0.1) is 0 Å². The first-order valence-corrected chi connectivity index (χ1v) is 11.2. The van der Waals surface area contributed by atoms with Crippen molar-refractivity contribution in [2.45, 2.75) is 37.8 Å². The largest absolute Gasteiger partial charge is 0.326 e. The zero-order valence-corrected chi connectivity index (χ0v) is 16.9. The number of thioether (sulfide) groups is 1. The molecule has 0 aromatic heterocycles. The number of hydrogen-bond acceptors (Lipinski definition) is 4. The molecule has 0 unspecified atom stereocenters. The van der Waals surface area contributed by atoms with Crippen LogP contribution in [0.25, 0.3) is 0 Å². The Morgan fingerprint density at radius 1 is 1.29 bits per heavy atom. The Morgan fingerprint density at radius 2 is 2.07 bits per heavy atom. The van der Waals surface area contributed by atoms with Gasteiger partial charge in [-0.25, -0.2) is 4.39 Å². The summed E-state index contributed by atoms with van der Waals surface area (Å²) in [5.41, 5.74) is -0.254. The van der Waals surface area contributed by atoms with Crippen molar-refractivity contribution in [3.8, 4) is 0 Å². The fourth-order valence-electron chi connectivity index (χ4n) is 5.05. The zero-order chi connectivity index (χ0) is 20.1. The van der Waals surface area contributed by atoms with Crippen molar-refractivity contribution in [1.82, 2.24) is 4.90 Å². The quantitative estimate of drug-likeness (QED) is 0.693. The first-order valence-electron chi connectivity index (χ1n) is 9.77. The van der Waals surface area contributed by atoms with Gasteiger partial charge in [0.15, 0.2) is 0 Å². The van der Waals surface area contributed by atoms with Gasteiger partial charge in [-0.1, -0.05) is 13.3 Å². The van der Waals surface area contributed by atoms with E-state index in [-0.39, 0.29) is 23.8 Å². The Kier molecular flexibility index (Phi) is 4.95. The average Bonchev–Trinajstić information content (AvgIpc) is 3.24. The van der Waals surface area contributed by atoms with Crippen LogP contribution in [0, 0.1) is 17.7 Å². The summed E-state index contributed by atoms with van der Waals surface area (Å²) in [6.07, 6.45) is 4.31. The number of fused-ring (bicyclic) bond motifs is 4. The lowest BCUT2D eigenvalue weighted by Crippen LogP contribution is -2.99. The van der Waals surface area contributed by atoms with Crippen LogP contribution in [0.2, 0.25) is 0 Å². The van der Waals surface area contributed by atoms with Gasteiger partial charge >= 0.3 is 0 Å². The number of anilines is 1. The maximum atomic E-state index is 14.1. The molecular formula is C20H25FN3O3S+. The van der Waals surface area contributed by atoms with Crippen LogP contribution in [-0.2, 0) is 19.9 Å². The highest BCUT2D eigenvalue weighted by Crippen LogP contribution is 2.49. The molecule has 8 heteroatoms. The molecule has 0 radical (unpaired) electrons. The third kappa shape index (κ3) is 2.61. The predicted octanol–water partition coefficient (Wildman–Crippen LogP) is 1.07. The molecule has 1 aromatic carbocycles. The minimum atomic E-state index is -1.26. The van der Waals surface area contributed by atoms with E-state index in [0.717, 1.165) is 18.6 Å². The highest BCUT2D eigenvalue weighted by Gasteiger charge is 2.73. The fraction of sp³-hybridized carbons (Fsp3) is 0.550. The molecule has 4 rings (SSSR count). The molecule has 3 N–H and O–H groups in total. The number of nitrogens with two attached hydrogens (primary N) is 1. The van der Waals surface area contributed by atoms with E-state index in [2.05, 4.69) is 5.32 Å². The Balaban J connectivity index is 1.81. The van der Waals surface area contributed by atoms with E-state index in [0.29, 0.717) is 24.2 Å². The molecule has 150 valence electrons. The van der Waals surface area contributed by atoms with Gasteiger partial charge in [-0.2, -0.15) is 11.8 Å². The second-order valence-corrected chi connectivity index (χ2v) is 8.80. The molecule has 0 bridgehead atoms. The summed E-state index contributed by atoms with van der Waals surface area (Å²) in [4.78, 5) is 41.0. The lowest BCUT2D eigenvalue weighted by Gasteiger charge is -2.26. The van der Waals surface area contributed by atoms with Gasteiger partial charge in [-0.3, -0.25) is 19.3 Å². The van der Waals surface area contributed by atoms with E-state index < -0.39 is 23.2 Å². The van der Waals surface area contributed by atoms with Gasteiger partial charge in [0.25, 0.3) is 5.91 Å². The Bertz CT molecular complexity index is 848. The molecule has 28 heavy (non-hydrogen) atoms. The zero-order valence-electron chi connectivity index (χ0n) is 16.0. The monoisotopic (exact) mass is 406 g/mol. The molecule has 3 heterocycles. The van der Waals surface area contributed by atoms with Crippen molar-refractivity contribution in [3.63, 3.8) is 0 Å². The number of benzene rings is 1. The third-order valence-corrected chi connectivity index (χ3v) is 6.96. The third-order valence-electron chi connectivity index (χ3n) is 6.31. The smallest absolute Gasteiger partial charge is 0.291 e. The summed E-state index contributed by atoms with van der Waals surface area (Å²) >= 11 is 1.67. The molecule has 1 aromatic rings. The molecule has 3 amide bonds. The average molecular weight is 407 g/mol. The van der Waals surface area contributed by atoms with Crippen LogP contribution in [-0.4, -0.2) is 47.2 Å². The summed E-state index contributed by atoms with van der Waals surface area (Å²) in [6.45, 7) is 2.38. The Labute approximate surface area is 167 Å². The molecule has 6 nitrogen and oxygen atoms in total. The number of halogens is 1. The van der Waals surface area contributed by atoms with Crippen LogP contribution in [0.1, 0.15) is 31.7 Å². The number of amides is 3. The lowest BCUT2D eigenvalue weighted by atomic mass is 9.76. The topological polar surface area (TPSA) is 83.1 Å². The van der Waals surface area contributed by atoms with Crippen LogP contribution >= 0.6 is 11.8 Å². The summed E-state index contributed by atoms with van der Waals surface area (Å²) in [5.74, 6) is -1.75. The van der Waals surface area contributed by atoms with Crippen molar-refractivity contribution in [1.29, 1.82) is 0 Å². The van der Waals surface area contributed by atoms with E-state index in [4.69, 9.17) is 0 Å². The molecule has 1 spiro atoms. The Hall–Kier alpha value is -1.93. The molecule has 3 aliphatic rings. The van der Waals surface area contributed by atoms with Gasteiger partial charge in [0.05, 0.1) is 5.69 Å². The van der Waals surface area contributed by atoms with Crippen LogP contribution in [0.15, 0.2) is 18.2 Å². The number of nitrogens with zero attached hydrogens (tertiary/aromatic N) is 1. The molecule has 4 atom stereocenters. The maximum absolute atomic E-state index is 14.1. The number of carbonyl (C=O) groups excluding carboxylic acids is 3. The summed E-state index contributed by atoms with van der Waals surface area (Å²) < 4.78 is 14.1. The van der Waals surface area contributed by atoms with Crippen molar-refractivity contribution < 1.29 is 24.1 Å². The summed E-state index contributed by atoms with van der Waals surface area (Å²) in [5, 5.41) is 4.68. The van der Waals surface area contributed by atoms with Crippen molar-refractivity contribution in [2.24, 2.45) is 11.8 Å². The number of quaternary nitrogens is 1. The number of hydrogen-bond donors (Lipinski definition) is 2. The van der Waals surface area contributed by atoms with Crippen LogP contribution in [0.5, 0.6) is 0 Å². The van der Waals surface area contributed by atoms with Crippen molar-refractivity contribution >= 4 is 35.2 Å². The van der Waals surface area contributed by atoms with E-state index in [9.17, 15) is 18.8 Å². The molecule has 2 saturated heterocycles. The molecule has 2 fully saturated rings. The van der Waals surface area contributed by atoms with Gasteiger partial charge in [0, 0.05) is 18.5 Å². The number of rotatable bonds is 6. The van der Waals surface area contributed by atoms with Gasteiger partial charge in [0.2, 0.25) is 17.4 Å². The second-order valence-electron chi connectivity index (χ2n) is 7.81. The SMILES string of the molecule is CCCCN1C(=O)[C@H]2[C@@H](C1=O)[C@]1([NH2+][C@@H]2CCSC)C(=O)Nc2ccc(F)cc21. The van der Waals surface area contributed by atoms with Crippen LogP contribution < -0.4 is 10.6 Å². The van der Waals surface area contributed by atoms with E-state index in [1.807, 2.05) is 18.5 Å². The second kappa shape index (κ2) is 7.15. The van der Waals surface area contributed by atoms with Crippen molar-refractivity contribution in [2.75, 3.05) is 23.9 Å². The highest BCUT2D eigenvalue weighted by molar-refractivity contribution is 7.98. The molecule has 3 aliphatic heterocycles. The minimum Gasteiger partial charge on any atom is -0.326 e. The summed E-state index contributed by atoms with van der Waals surface area (Å²) in [7, 11) is 0. The Morgan fingerprint density at radius 3 is 2.79 bits per heavy atom. The number of nitrogens with one attached hydrogen (secondary N) is 1. The van der Waals surface area contributed by atoms with Gasteiger partial charge in [0.1, 0.15) is 23.7 Å². The maximum Gasteiger partial charge on any atom is 0.291 e. The van der Waals surface area contributed by atoms with Crippen LogP contribution in [0.4, 0.5) is 10.1 Å². The fourth-order valence-corrected chi connectivity index (χ4v) is 5.56. The van der Waals surface area contributed by atoms with E-state index in [1.54, 1.807) is 11.8 Å². The van der Waals surface area contributed by atoms with E-state index >= 15 is 0 Å². The lowest BCUT2D eigenvalue weighted by molar-refractivity contribution is -0.733. The van der Waals surface area contributed by atoms with Crippen LogP contribution in [0.3, 0.4) is 0 Å². The standard InChI is InChI=1S/C20H24FN3O3S/c1-3-4-8-24-17(25)15-14(7-9-28-2)23-20(16(15)18(24)26)12-10-11(21)5-6-13(12)22-19(20)27/h5-6,10,14-16,23H,3-4,7-9H2,1-2H3,(H,22,27)/p+1/t14-,15-,16+,20+/m1/s1. The predicted molar refractivity (Wildman–Crippen MR) is 104 cm³/mol.